The lowest BCUT2D eigenvalue weighted by Crippen LogP contribution is -2.30. The van der Waals surface area contributed by atoms with E-state index in [1.165, 1.54) is 11.1 Å². The van der Waals surface area contributed by atoms with E-state index < -0.39 is 0 Å². The van der Waals surface area contributed by atoms with Gasteiger partial charge in [-0.25, -0.2) is 4.99 Å². The highest BCUT2D eigenvalue weighted by Crippen LogP contribution is 2.32. The summed E-state index contributed by atoms with van der Waals surface area (Å²) >= 11 is 0. The van der Waals surface area contributed by atoms with Crippen molar-refractivity contribution in [2.24, 2.45) is 4.99 Å². The Balaban J connectivity index is 1.73. The Morgan fingerprint density at radius 3 is 2.72 bits per heavy atom. The molecule has 0 bridgehead atoms. The van der Waals surface area contributed by atoms with Gasteiger partial charge in [0.1, 0.15) is 0 Å². The number of fused-ring (bicyclic) bond motifs is 1. The third-order valence-electron chi connectivity index (χ3n) is 3.86. The predicted molar refractivity (Wildman–Crippen MR) is 102 cm³/mol. The normalized spacial score (nSPS) is 13.9. The molecule has 0 amide bonds. The van der Waals surface area contributed by atoms with E-state index in [0.717, 1.165) is 36.1 Å². The molecule has 0 unspecified atom stereocenters. The van der Waals surface area contributed by atoms with Crippen molar-refractivity contribution in [2.45, 2.75) is 26.8 Å². The fourth-order valence-corrected chi connectivity index (χ4v) is 2.67. The van der Waals surface area contributed by atoms with Crippen LogP contribution in [0.1, 0.15) is 24.5 Å². The maximum absolute atomic E-state index is 5.75. The zero-order valence-electron chi connectivity index (χ0n) is 14.8. The highest BCUT2D eigenvalue weighted by atomic mass is 16.5. The predicted octanol–water partition coefficient (Wildman–Crippen LogP) is 3.73. The van der Waals surface area contributed by atoms with E-state index in [2.05, 4.69) is 53.7 Å². The number of anilines is 1. The van der Waals surface area contributed by atoms with Crippen LogP contribution in [0.5, 0.6) is 11.5 Å². The van der Waals surface area contributed by atoms with E-state index in [4.69, 9.17) is 9.47 Å². The first kappa shape index (κ1) is 17.1. The van der Waals surface area contributed by atoms with Crippen LogP contribution in [0.15, 0.2) is 47.5 Å². The van der Waals surface area contributed by atoms with Crippen molar-refractivity contribution in [2.75, 3.05) is 25.1 Å². The zero-order chi connectivity index (χ0) is 17.5. The fraction of sp³-hybridized carbons (Fsp3) is 0.350. The van der Waals surface area contributed by atoms with Crippen molar-refractivity contribution in [3.8, 4) is 11.5 Å². The van der Waals surface area contributed by atoms with Crippen LogP contribution in [-0.2, 0) is 6.54 Å². The van der Waals surface area contributed by atoms with E-state index in [1.807, 2.05) is 18.2 Å². The summed E-state index contributed by atoms with van der Waals surface area (Å²) in [6, 6.07) is 14.3. The molecule has 0 saturated carbocycles. The summed E-state index contributed by atoms with van der Waals surface area (Å²) in [5.41, 5.74) is 3.36. The first-order valence-electron chi connectivity index (χ1n) is 8.75. The van der Waals surface area contributed by atoms with E-state index in [0.29, 0.717) is 19.8 Å². The van der Waals surface area contributed by atoms with Gasteiger partial charge >= 0.3 is 0 Å². The third kappa shape index (κ3) is 4.89. The molecular formula is C20H25N3O2. The van der Waals surface area contributed by atoms with E-state index in [9.17, 15) is 0 Å². The summed E-state index contributed by atoms with van der Waals surface area (Å²) in [4.78, 5) is 4.67. The third-order valence-corrected chi connectivity index (χ3v) is 3.86. The molecule has 0 radical (unpaired) electrons. The second-order valence-electron chi connectivity index (χ2n) is 6.02. The lowest BCUT2D eigenvalue weighted by Gasteiger charge is -2.14. The van der Waals surface area contributed by atoms with Gasteiger partial charge in [0.15, 0.2) is 17.5 Å². The molecule has 5 heteroatoms. The molecule has 1 heterocycles. The highest BCUT2D eigenvalue weighted by Gasteiger charge is 2.11. The number of ether oxygens (including phenoxy) is 2. The monoisotopic (exact) mass is 339 g/mol. The maximum Gasteiger partial charge on any atom is 0.196 e. The van der Waals surface area contributed by atoms with Crippen LogP contribution < -0.4 is 20.1 Å². The lowest BCUT2D eigenvalue weighted by atomic mass is 10.1. The smallest absolute Gasteiger partial charge is 0.196 e. The Morgan fingerprint density at radius 1 is 1.08 bits per heavy atom. The summed E-state index contributed by atoms with van der Waals surface area (Å²) in [6.45, 7) is 6.94. The van der Waals surface area contributed by atoms with Crippen LogP contribution in [0.25, 0.3) is 0 Å². The van der Waals surface area contributed by atoms with Gasteiger partial charge in [0.05, 0.1) is 19.8 Å². The van der Waals surface area contributed by atoms with Crippen molar-refractivity contribution in [1.29, 1.82) is 0 Å². The summed E-state index contributed by atoms with van der Waals surface area (Å²) in [5.74, 6) is 2.32. The second kappa shape index (κ2) is 8.42. The van der Waals surface area contributed by atoms with Crippen LogP contribution in [0.2, 0.25) is 0 Å². The van der Waals surface area contributed by atoms with Crippen LogP contribution in [0.4, 0.5) is 5.69 Å². The standard InChI is InChI=1S/C20H25N3O2/c1-3-21-20(22-14-16-7-4-6-15(2)12-16)23-17-8-9-18-19(13-17)25-11-5-10-24-18/h4,6-9,12-13H,3,5,10-11,14H2,1-2H3,(H2,21,22,23). The zero-order valence-corrected chi connectivity index (χ0v) is 14.8. The Labute approximate surface area is 149 Å². The molecule has 1 aliphatic rings. The molecule has 0 aliphatic carbocycles. The first-order valence-corrected chi connectivity index (χ1v) is 8.75. The Bertz CT molecular complexity index is 743. The second-order valence-corrected chi connectivity index (χ2v) is 6.02. The van der Waals surface area contributed by atoms with Gasteiger partial charge in [-0.2, -0.15) is 0 Å². The molecule has 1 aliphatic heterocycles. The molecule has 2 aromatic rings. The molecule has 132 valence electrons. The number of aliphatic imine (C=N–C) groups is 1. The number of guanidine groups is 1. The largest absolute Gasteiger partial charge is 0.490 e. The van der Waals surface area contributed by atoms with Crippen molar-refractivity contribution in [1.82, 2.24) is 5.32 Å². The minimum atomic E-state index is 0.627. The van der Waals surface area contributed by atoms with Gasteiger partial charge in [-0.15, -0.1) is 0 Å². The summed E-state index contributed by atoms with van der Waals surface area (Å²) in [5, 5.41) is 6.61. The van der Waals surface area contributed by atoms with E-state index in [1.54, 1.807) is 0 Å². The van der Waals surface area contributed by atoms with Gasteiger partial charge in [0, 0.05) is 24.7 Å². The first-order chi connectivity index (χ1) is 12.2. The molecule has 2 N–H and O–H groups in total. The number of nitrogens with zero attached hydrogens (tertiary/aromatic N) is 1. The molecule has 0 atom stereocenters. The van der Waals surface area contributed by atoms with Crippen molar-refractivity contribution in [3.05, 3.63) is 53.6 Å². The quantitative estimate of drug-likeness (QED) is 0.658. The van der Waals surface area contributed by atoms with Crippen molar-refractivity contribution < 1.29 is 9.47 Å². The molecule has 25 heavy (non-hydrogen) atoms. The number of benzene rings is 2. The molecule has 3 rings (SSSR count). The van der Waals surface area contributed by atoms with Crippen LogP contribution >= 0.6 is 0 Å². The number of hydrogen-bond acceptors (Lipinski definition) is 3. The van der Waals surface area contributed by atoms with Gasteiger partial charge in [-0.1, -0.05) is 29.8 Å². The SMILES string of the molecule is CCNC(=NCc1cccc(C)c1)Nc1ccc2c(c1)OCCCO2. The summed E-state index contributed by atoms with van der Waals surface area (Å²) < 4.78 is 11.4. The molecule has 2 aromatic carbocycles. The lowest BCUT2D eigenvalue weighted by molar-refractivity contribution is 0.297. The minimum absolute atomic E-state index is 0.627. The van der Waals surface area contributed by atoms with E-state index in [-0.39, 0.29) is 0 Å². The van der Waals surface area contributed by atoms with Gasteiger partial charge in [-0.05, 0) is 31.5 Å². The Morgan fingerprint density at radius 2 is 1.92 bits per heavy atom. The molecule has 5 nitrogen and oxygen atoms in total. The van der Waals surface area contributed by atoms with Crippen LogP contribution in [0, 0.1) is 6.92 Å². The van der Waals surface area contributed by atoms with Gasteiger partial charge < -0.3 is 20.1 Å². The Hall–Kier alpha value is -2.69. The topological polar surface area (TPSA) is 54.9 Å². The number of aryl methyl sites for hydroxylation is 1. The van der Waals surface area contributed by atoms with Gasteiger partial charge in [-0.3, -0.25) is 0 Å². The summed E-state index contributed by atoms with van der Waals surface area (Å²) in [6.07, 6.45) is 0.901. The fourth-order valence-electron chi connectivity index (χ4n) is 2.67. The maximum atomic E-state index is 5.75. The number of hydrogen-bond donors (Lipinski definition) is 2. The number of nitrogens with one attached hydrogen (secondary N) is 2. The number of rotatable bonds is 4. The molecule has 0 saturated heterocycles. The molecular weight excluding hydrogens is 314 g/mol. The van der Waals surface area contributed by atoms with Crippen LogP contribution in [-0.4, -0.2) is 25.7 Å². The summed E-state index contributed by atoms with van der Waals surface area (Å²) in [7, 11) is 0. The molecule has 0 fully saturated rings. The van der Waals surface area contributed by atoms with Gasteiger partial charge in [0.25, 0.3) is 0 Å². The van der Waals surface area contributed by atoms with Crippen LogP contribution in [0.3, 0.4) is 0 Å². The average Bonchev–Trinajstić information content (AvgIpc) is 2.85. The molecule has 0 aromatic heterocycles. The highest BCUT2D eigenvalue weighted by molar-refractivity contribution is 5.93. The Kier molecular flexibility index (Phi) is 5.77. The van der Waals surface area contributed by atoms with Crippen molar-refractivity contribution in [3.63, 3.8) is 0 Å². The molecule has 0 spiro atoms. The average molecular weight is 339 g/mol. The van der Waals surface area contributed by atoms with Gasteiger partial charge in [0.2, 0.25) is 0 Å². The minimum Gasteiger partial charge on any atom is -0.490 e. The van der Waals surface area contributed by atoms with Crippen molar-refractivity contribution >= 4 is 11.6 Å². The van der Waals surface area contributed by atoms with E-state index >= 15 is 0 Å².